The van der Waals surface area contributed by atoms with Crippen molar-refractivity contribution in [2.45, 2.75) is 39.0 Å². The molecule has 0 aliphatic carbocycles. The van der Waals surface area contributed by atoms with Gasteiger partial charge < -0.3 is 15.4 Å². The van der Waals surface area contributed by atoms with Gasteiger partial charge in [-0.3, -0.25) is 0 Å². The van der Waals surface area contributed by atoms with Crippen LogP contribution in [0, 0.1) is 0 Å². The van der Waals surface area contributed by atoms with Crippen LogP contribution in [0.15, 0.2) is 85.2 Å². The first-order chi connectivity index (χ1) is 12.8. The van der Waals surface area contributed by atoms with Crippen LogP contribution in [0.3, 0.4) is 0 Å². The molecule has 3 heteroatoms. The molecule has 0 saturated heterocycles. The van der Waals surface area contributed by atoms with Crippen molar-refractivity contribution in [1.82, 2.24) is 10.6 Å². The number of rotatable bonds is 12. The van der Waals surface area contributed by atoms with E-state index in [0.717, 1.165) is 25.9 Å². The van der Waals surface area contributed by atoms with Crippen LogP contribution in [0.2, 0.25) is 0 Å². The highest BCUT2D eigenvalue weighted by Gasteiger charge is 2.10. The van der Waals surface area contributed by atoms with E-state index < -0.39 is 0 Å². The van der Waals surface area contributed by atoms with Gasteiger partial charge in [-0.1, -0.05) is 79.7 Å². The van der Waals surface area contributed by atoms with E-state index in [1.165, 1.54) is 16.7 Å². The maximum atomic E-state index is 6.10. The molecule has 2 aromatic rings. The van der Waals surface area contributed by atoms with Crippen molar-refractivity contribution in [1.29, 1.82) is 0 Å². The van der Waals surface area contributed by atoms with E-state index in [1.807, 2.05) is 48.8 Å². The molecule has 2 N–H and O–H groups in total. The van der Waals surface area contributed by atoms with E-state index in [1.54, 1.807) is 0 Å². The fourth-order valence-electron chi connectivity index (χ4n) is 2.53. The standard InChI is InChI=1S/C23H30N2O/c1-3-20(2)16-23(26-19-22-12-8-5-9-13-22)18-25-15-14-24-17-21-10-6-4-7-11-21/h4-15,23-25H,2-3,16-19H2,1H3/b15-14-. The van der Waals surface area contributed by atoms with Crippen LogP contribution in [-0.2, 0) is 17.9 Å². The van der Waals surface area contributed by atoms with Gasteiger partial charge in [0.25, 0.3) is 0 Å². The number of nitrogens with one attached hydrogen (secondary N) is 2. The minimum Gasteiger partial charge on any atom is -0.387 e. The third-order valence-electron chi connectivity index (χ3n) is 4.16. The lowest BCUT2D eigenvalue weighted by Gasteiger charge is -2.19. The molecule has 3 nitrogen and oxygen atoms in total. The second kappa shape index (κ2) is 11.9. The molecule has 0 saturated carbocycles. The fourth-order valence-corrected chi connectivity index (χ4v) is 2.53. The quantitative estimate of drug-likeness (QED) is 0.541. The van der Waals surface area contributed by atoms with E-state index in [9.17, 15) is 0 Å². The highest BCUT2D eigenvalue weighted by Crippen LogP contribution is 2.12. The largest absolute Gasteiger partial charge is 0.387 e. The van der Waals surface area contributed by atoms with E-state index >= 15 is 0 Å². The molecular weight excluding hydrogens is 320 g/mol. The lowest BCUT2D eigenvalue weighted by molar-refractivity contribution is 0.0428. The second-order valence-corrected chi connectivity index (χ2v) is 6.33. The van der Waals surface area contributed by atoms with Gasteiger partial charge in [0.2, 0.25) is 0 Å². The van der Waals surface area contributed by atoms with Crippen molar-refractivity contribution < 1.29 is 4.74 Å². The molecule has 0 bridgehead atoms. The number of hydrogen-bond acceptors (Lipinski definition) is 3. The summed E-state index contributed by atoms with van der Waals surface area (Å²) in [5.41, 5.74) is 3.68. The van der Waals surface area contributed by atoms with E-state index in [4.69, 9.17) is 4.74 Å². The van der Waals surface area contributed by atoms with Crippen LogP contribution >= 0.6 is 0 Å². The Morgan fingerprint density at radius 3 is 2.23 bits per heavy atom. The smallest absolute Gasteiger partial charge is 0.0788 e. The molecule has 2 aromatic carbocycles. The molecule has 0 fully saturated rings. The summed E-state index contributed by atoms with van der Waals surface area (Å²) in [6, 6.07) is 20.6. The average molecular weight is 351 g/mol. The van der Waals surface area contributed by atoms with E-state index in [2.05, 4.69) is 48.4 Å². The number of ether oxygens (including phenoxy) is 1. The third-order valence-corrected chi connectivity index (χ3v) is 4.16. The predicted molar refractivity (Wildman–Crippen MR) is 109 cm³/mol. The molecule has 0 radical (unpaired) electrons. The molecule has 0 spiro atoms. The lowest BCUT2D eigenvalue weighted by Crippen LogP contribution is -2.27. The predicted octanol–water partition coefficient (Wildman–Crippen LogP) is 4.78. The molecule has 2 rings (SSSR count). The maximum Gasteiger partial charge on any atom is 0.0788 e. The Kier molecular flexibility index (Phi) is 9.09. The summed E-state index contributed by atoms with van der Waals surface area (Å²) >= 11 is 0. The van der Waals surface area contributed by atoms with Crippen molar-refractivity contribution in [2.24, 2.45) is 0 Å². The van der Waals surface area contributed by atoms with Crippen LogP contribution in [0.5, 0.6) is 0 Å². The second-order valence-electron chi connectivity index (χ2n) is 6.33. The first kappa shape index (κ1) is 19.8. The van der Waals surface area contributed by atoms with Gasteiger partial charge in [-0.15, -0.1) is 0 Å². The molecule has 0 heterocycles. The van der Waals surface area contributed by atoms with Crippen LogP contribution in [-0.4, -0.2) is 12.6 Å². The van der Waals surface area contributed by atoms with Crippen LogP contribution in [0.1, 0.15) is 30.9 Å². The molecule has 1 unspecified atom stereocenters. The van der Waals surface area contributed by atoms with Crippen LogP contribution in [0.25, 0.3) is 0 Å². The summed E-state index contributed by atoms with van der Waals surface area (Å²) in [5.74, 6) is 0. The van der Waals surface area contributed by atoms with Gasteiger partial charge in [-0.05, 0) is 24.0 Å². The fraction of sp³-hybridized carbons (Fsp3) is 0.304. The van der Waals surface area contributed by atoms with Crippen molar-refractivity contribution >= 4 is 0 Å². The minimum absolute atomic E-state index is 0.112. The molecular formula is C23H30N2O. The highest BCUT2D eigenvalue weighted by atomic mass is 16.5. The first-order valence-electron chi connectivity index (χ1n) is 9.25. The number of benzene rings is 2. The Bertz CT molecular complexity index is 652. The number of hydrogen-bond donors (Lipinski definition) is 2. The monoisotopic (exact) mass is 350 g/mol. The minimum atomic E-state index is 0.112. The van der Waals surface area contributed by atoms with Crippen molar-refractivity contribution in [3.63, 3.8) is 0 Å². The average Bonchev–Trinajstić information content (AvgIpc) is 2.70. The Hall–Kier alpha value is -2.52. The Balaban J connectivity index is 1.72. The van der Waals surface area contributed by atoms with Gasteiger partial charge in [0.1, 0.15) is 0 Å². The molecule has 0 aromatic heterocycles. The first-order valence-corrected chi connectivity index (χ1v) is 9.25. The molecule has 1 atom stereocenters. The summed E-state index contributed by atoms with van der Waals surface area (Å²) < 4.78 is 6.10. The Labute approximate surface area is 157 Å². The van der Waals surface area contributed by atoms with Gasteiger partial charge in [0.15, 0.2) is 0 Å². The summed E-state index contributed by atoms with van der Waals surface area (Å²) in [6.45, 7) is 8.46. The van der Waals surface area contributed by atoms with Crippen molar-refractivity contribution in [3.8, 4) is 0 Å². The summed E-state index contributed by atoms with van der Waals surface area (Å²) in [4.78, 5) is 0. The van der Waals surface area contributed by atoms with E-state index in [-0.39, 0.29) is 6.10 Å². The maximum absolute atomic E-state index is 6.10. The zero-order valence-corrected chi connectivity index (χ0v) is 15.7. The van der Waals surface area contributed by atoms with E-state index in [0.29, 0.717) is 6.61 Å². The SMILES string of the molecule is C=C(CC)CC(CN/C=C\NCc1ccccc1)OCc1ccccc1. The topological polar surface area (TPSA) is 33.3 Å². The van der Waals surface area contributed by atoms with Crippen molar-refractivity contribution in [2.75, 3.05) is 6.54 Å². The zero-order chi connectivity index (χ0) is 18.5. The van der Waals surface area contributed by atoms with Crippen LogP contribution in [0.4, 0.5) is 0 Å². The molecule has 0 aliphatic heterocycles. The van der Waals surface area contributed by atoms with Gasteiger partial charge in [0, 0.05) is 25.5 Å². The van der Waals surface area contributed by atoms with Crippen LogP contribution < -0.4 is 10.6 Å². The van der Waals surface area contributed by atoms with Crippen molar-refractivity contribution in [3.05, 3.63) is 96.3 Å². The molecule has 26 heavy (non-hydrogen) atoms. The molecule has 0 aliphatic rings. The molecule has 0 amide bonds. The Morgan fingerprint density at radius 2 is 1.58 bits per heavy atom. The zero-order valence-electron chi connectivity index (χ0n) is 15.7. The summed E-state index contributed by atoms with van der Waals surface area (Å²) in [6.07, 6.45) is 5.86. The normalized spacial score (nSPS) is 12.0. The summed E-state index contributed by atoms with van der Waals surface area (Å²) in [7, 11) is 0. The summed E-state index contributed by atoms with van der Waals surface area (Å²) in [5, 5.41) is 6.61. The molecule has 138 valence electrons. The highest BCUT2D eigenvalue weighted by molar-refractivity contribution is 5.15. The Morgan fingerprint density at radius 1 is 0.962 bits per heavy atom. The van der Waals surface area contributed by atoms with Gasteiger partial charge >= 0.3 is 0 Å². The van der Waals surface area contributed by atoms with Gasteiger partial charge in [-0.2, -0.15) is 0 Å². The van der Waals surface area contributed by atoms with Gasteiger partial charge in [0.05, 0.1) is 12.7 Å². The lowest BCUT2D eigenvalue weighted by atomic mass is 10.1. The van der Waals surface area contributed by atoms with Gasteiger partial charge in [-0.25, -0.2) is 0 Å². The third kappa shape index (κ3) is 8.04.